The number of hydrogen-bond acceptors (Lipinski definition) is 6. The maximum atomic E-state index is 12.2. The van der Waals surface area contributed by atoms with Crippen LogP contribution in [0, 0.1) is 0 Å². The monoisotopic (exact) mass is 404 g/mol. The standard InChI is InChI=1S/C18H17ClN4O3S/c19-15-6-5-14(27-15)17(24)22-9-13-10-23(18(25)26-13)12-3-1-11(2-4-12)16-20-7-8-21-16/h1-6,13H,7-10H2,(H,20,21)(H,22,24)/t13-/m0/s1. The molecule has 2 aromatic rings. The van der Waals surface area contributed by atoms with Crippen LogP contribution in [0.4, 0.5) is 10.5 Å². The number of cyclic esters (lactones) is 1. The normalized spacial score (nSPS) is 18.9. The van der Waals surface area contributed by atoms with Crippen LogP contribution in [0.25, 0.3) is 0 Å². The van der Waals surface area contributed by atoms with E-state index in [0.717, 1.165) is 30.2 Å². The van der Waals surface area contributed by atoms with Gasteiger partial charge in [0.1, 0.15) is 11.9 Å². The van der Waals surface area contributed by atoms with E-state index in [2.05, 4.69) is 15.6 Å². The van der Waals surface area contributed by atoms with Crippen LogP contribution >= 0.6 is 22.9 Å². The molecule has 0 radical (unpaired) electrons. The third-order valence-corrected chi connectivity index (χ3v) is 5.52. The number of hydrogen-bond donors (Lipinski definition) is 2. The molecule has 0 aliphatic carbocycles. The van der Waals surface area contributed by atoms with Gasteiger partial charge in [-0.3, -0.25) is 14.7 Å². The van der Waals surface area contributed by atoms with Crippen LogP contribution in [0.2, 0.25) is 4.34 Å². The third-order valence-electron chi connectivity index (χ3n) is 4.29. The first kappa shape index (κ1) is 17.8. The van der Waals surface area contributed by atoms with Crippen molar-refractivity contribution in [1.29, 1.82) is 0 Å². The van der Waals surface area contributed by atoms with Crippen molar-refractivity contribution < 1.29 is 14.3 Å². The molecule has 1 aromatic carbocycles. The van der Waals surface area contributed by atoms with Crippen molar-refractivity contribution in [2.45, 2.75) is 6.10 Å². The molecule has 7 nitrogen and oxygen atoms in total. The summed E-state index contributed by atoms with van der Waals surface area (Å²) >= 11 is 7.05. The van der Waals surface area contributed by atoms with E-state index in [1.54, 1.807) is 17.0 Å². The van der Waals surface area contributed by atoms with Crippen molar-refractivity contribution in [1.82, 2.24) is 10.6 Å². The Labute approximate surface area is 165 Å². The number of nitrogens with one attached hydrogen (secondary N) is 2. The molecule has 2 aliphatic rings. The minimum atomic E-state index is -0.419. The maximum Gasteiger partial charge on any atom is 0.414 e. The highest BCUT2D eigenvalue weighted by atomic mass is 35.5. The van der Waals surface area contributed by atoms with Gasteiger partial charge in [-0.2, -0.15) is 0 Å². The van der Waals surface area contributed by atoms with E-state index in [1.165, 1.54) is 11.3 Å². The summed E-state index contributed by atoms with van der Waals surface area (Å²) in [6.07, 6.45) is -0.824. The molecule has 0 spiro atoms. The van der Waals surface area contributed by atoms with Crippen molar-refractivity contribution >= 4 is 46.5 Å². The number of anilines is 1. The first-order chi connectivity index (χ1) is 13.1. The van der Waals surface area contributed by atoms with Gasteiger partial charge in [-0.1, -0.05) is 11.6 Å². The topological polar surface area (TPSA) is 83.0 Å². The number of ether oxygens (including phenoxy) is 1. The minimum absolute atomic E-state index is 0.226. The van der Waals surface area contributed by atoms with Crippen molar-refractivity contribution in [3.8, 4) is 0 Å². The van der Waals surface area contributed by atoms with E-state index in [0.29, 0.717) is 15.8 Å². The zero-order chi connectivity index (χ0) is 18.8. The summed E-state index contributed by atoms with van der Waals surface area (Å²) < 4.78 is 5.92. The Hall–Kier alpha value is -2.58. The fourth-order valence-corrected chi connectivity index (χ4v) is 3.92. The highest BCUT2D eigenvalue weighted by Crippen LogP contribution is 2.23. The summed E-state index contributed by atoms with van der Waals surface area (Å²) in [7, 11) is 0. The molecule has 2 aliphatic heterocycles. The van der Waals surface area contributed by atoms with Crippen molar-refractivity contribution in [3.05, 3.63) is 51.2 Å². The SMILES string of the molecule is O=C(NC[C@H]1CN(c2ccc(C3=NCCN3)cc2)C(=O)O1)c1ccc(Cl)s1. The van der Waals surface area contributed by atoms with Crippen molar-refractivity contribution in [2.75, 3.05) is 31.1 Å². The lowest BCUT2D eigenvalue weighted by Gasteiger charge is -2.14. The molecule has 27 heavy (non-hydrogen) atoms. The molecular formula is C18H17ClN4O3S. The highest BCUT2D eigenvalue weighted by molar-refractivity contribution is 7.17. The van der Waals surface area contributed by atoms with Crippen LogP contribution in [0.1, 0.15) is 15.2 Å². The van der Waals surface area contributed by atoms with E-state index in [1.807, 2.05) is 24.3 Å². The molecule has 1 fully saturated rings. The number of carbonyl (C=O) groups is 2. The molecule has 2 N–H and O–H groups in total. The molecule has 1 saturated heterocycles. The summed E-state index contributed by atoms with van der Waals surface area (Å²) in [6, 6.07) is 10.9. The molecular weight excluding hydrogens is 388 g/mol. The Kier molecular flexibility index (Phi) is 5.00. The van der Waals surface area contributed by atoms with Gasteiger partial charge in [0.15, 0.2) is 0 Å². The van der Waals surface area contributed by atoms with Gasteiger partial charge < -0.3 is 15.4 Å². The van der Waals surface area contributed by atoms with Crippen LogP contribution < -0.4 is 15.5 Å². The average Bonchev–Trinajstić information content (AvgIpc) is 3.41. The summed E-state index contributed by atoms with van der Waals surface area (Å²) in [5.41, 5.74) is 1.74. The number of amides is 2. The number of thiophene rings is 1. The molecule has 9 heteroatoms. The Morgan fingerprint density at radius 2 is 2.15 bits per heavy atom. The smallest absolute Gasteiger partial charge is 0.414 e. The fraction of sp³-hybridized carbons (Fsp3) is 0.278. The van der Waals surface area contributed by atoms with Crippen LogP contribution in [0.5, 0.6) is 0 Å². The molecule has 3 heterocycles. The highest BCUT2D eigenvalue weighted by Gasteiger charge is 2.32. The van der Waals surface area contributed by atoms with E-state index < -0.39 is 12.2 Å². The van der Waals surface area contributed by atoms with Gasteiger partial charge in [-0.05, 0) is 36.4 Å². The van der Waals surface area contributed by atoms with Gasteiger partial charge >= 0.3 is 6.09 Å². The first-order valence-corrected chi connectivity index (χ1v) is 9.70. The summed E-state index contributed by atoms with van der Waals surface area (Å²) in [5, 5.41) is 6.00. The minimum Gasteiger partial charge on any atom is -0.442 e. The Balaban J connectivity index is 1.35. The van der Waals surface area contributed by atoms with Crippen LogP contribution in [0.15, 0.2) is 41.4 Å². The largest absolute Gasteiger partial charge is 0.442 e. The number of carbonyl (C=O) groups excluding carboxylic acids is 2. The van der Waals surface area contributed by atoms with E-state index in [-0.39, 0.29) is 12.5 Å². The summed E-state index contributed by atoms with van der Waals surface area (Å²) in [6.45, 7) is 2.25. The molecule has 4 rings (SSSR count). The second kappa shape index (κ2) is 7.58. The predicted octanol–water partition coefficient (Wildman–Crippen LogP) is 2.51. The quantitative estimate of drug-likeness (QED) is 0.802. The van der Waals surface area contributed by atoms with E-state index in [9.17, 15) is 9.59 Å². The second-order valence-electron chi connectivity index (χ2n) is 6.13. The van der Waals surface area contributed by atoms with Gasteiger partial charge in [-0.25, -0.2) is 4.79 Å². The number of amidine groups is 1. The van der Waals surface area contributed by atoms with Gasteiger partial charge in [0.05, 0.1) is 28.8 Å². The third kappa shape index (κ3) is 3.91. The second-order valence-corrected chi connectivity index (χ2v) is 7.85. The predicted molar refractivity (Wildman–Crippen MR) is 105 cm³/mol. The van der Waals surface area contributed by atoms with Crippen LogP contribution in [0.3, 0.4) is 0 Å². The lowest BCUT2D eigenvalue weighted by atomic mass is 10.1. The molecule has 2 amide bonds. The lowest BCUT2D eigenvalue weighted by Crippen LogP contribution is -2.34. The molecule has 0 bridgehead atoms. The summed E-state index contributed by atoms with van der Waals surface area (Å²) in [5.74, 6) is 0.649. The number of halogens is 1. The zero-order valence-corrected chi connectivity index (χ0v) is 15.8. The van der Waals surface area contributed by atoms with Crippen molar-refractivity contribution in [2.24, 2.45) is 4.99 Å². The van der Waals surface area contributed by atoms with Crippen LogP contribution in [-0.2, 0) is 4.74 Å². The number of benzene rings is 1. The zero-order valence-electron chi connectivity index (χ0n) is 14.3. The Morgan fingerprint density at radius 3 is 2.81 bits per heavy atom. The number of nitrogens with zero attached hydrogens (tertiary/aromatic N) is 2. The molecule has 0 unspecified atom stereocenters. The maximum absolute atomic E-state index is 12.2. The molecule has 140 valence electrons. The molecule has 1 atom stereocenters. The van der Waals surface area contributed by atoms with Gasteiger partial charge in [-0.15, -0.1) is 11.3 Å². The summed E-state index contributed by atoms with van der Waals surface area (Å²) in [4.78, 5) is 30.7. The van der Waals surface area contributed by atoms with Gasteiger partial charge in [0.25, 0.3) is 5.91 Å². The van der Waals surface area contributed by atoms with Gasteiger partial charge in [0, 0.05) is 17.8 Å². The Morgan fingerprint density at radius 1 is 1.33 bits per heavy atom. The Bertz CT molecular complexity index is 896. The fourth-order valence-electron chi connectivity index (χ4n) is 2.96. The first-order valence-electron chi connectivity index (χ1n) is 8.50. The molecule has 0 saturated carbocycles. The van der Waals surface area contributed by atoms with E-state index >= 15 is 0 Å². The van der Waals surface area contributed by atoms with Crippen LogP contribution in [-0.4, -0.2) is 50.1 Å². The number of aliphatic imine (C=N–C) groups is 1. The van der Waals surface area contributed by atoms with Gasteiger partial charge in [0.2, 0.25) is 0 Å². The van der Waals surface area contributed by atoms with E-state index in [4.69, 9.17) is 16.3 Å². The number of rotatable bonds is 5. The lowest BCUT2D eigenvalue weighted by molar-refractivity contribution is 0.0920. The van der Waals surface area contributed by atoms with Crippen molar-refractivity contribution in [3.63, 3.8) is 0 Å². The molecule has 1 aromatic heterocycles. The average molecular weight is 405 g/mol.